The fraction of sp³-hybridized carbons (Fsp3) is 1.00. The third kappa shape index (κ3) is 2.71. The van der Waals surface area contributed by atoms with Crippen LogP contribution in [0.2, 0.25) is 0 Å². The zero-order valence-corrected chi connectivity index (χ0v) is 9.68. The van der Waals surface area contributed by atoms with E-state index in [9.17, 15) is 0 Å². The van der Waals surface area contributed by atoms with Gasteiger partial charge in [0, 0.05) is 18.6 Å². The Morgan fingerprint density at radius 2 is 2.07 bits per heavy atom. The van der Waals surface area contributed by atoms with Gasteiger partial charge in [-0.15, -0.1) is 0 Å². The minimum atomic E-state index is 0.320. The Morgan fingerprint density at radius 3 is 2.71 bits per heavy atom. The summed E-state index contributed by atoms with van der Waals surface area (Å²) in [5, 5.41) is 3.62. The van der Waals surface area contributed by atoms with Crippen LogP contribution >= 0.6 is 0 Å². The summed E-state index contributed by atoms with van der Waals surface area (Å²) in [6.45, 7) is 9.72. The van der Waals surface area contributed by atoms with Crippen LogP contribution in [0.4, 0.5) is 0 Å². The molecule has 0 aromatic heterocycles. The molecule has 0 bridgehead atoms. The van der Waals surface area contributed by atoms with E-state index < -0.39 is 0 Å². The van der Waals surface area contributed by atoms with Gasteiger partial charge in [0.15, 0.2) is 0 Å². The molecule has 0 radical (unpaired) electrons. The third-order valence-corrected chi connectivity index (χ3v) is 3.61. The van der Waals surface area contributed by atoms with Crippen LogP contribution in [0, 0.1) is 5.92 Å². The van der Waals surface area contributed by atoms with Gasteiger partial charge in [-0.05, 0) is 52.1 Å². The van der Waals surface area contributed by atoms with Crippen LogP contribution in [-0.4, -0.2) is 36.6 Å². The highest BCUT2D eigenvalue weighted by Gasteiger charge is 2.27. The Balaban J connectivity index is 1.83. The van der Waals surface area contributed by atoms with Gasteiger partial charge >= 0.3 is 0 Å². The van der Waals surface area contributed by atoms with Gasteiger partial charge in [0.1, 0.15) is 0 Å². The van der Waals surface area contributed by atoms with Gasteiger partial charge in [0.25, 0.3) is 0 Å². The van der Waals surface area contributed by atoms with E-state index >= 15 is 0 Å². The zero-order chi connectivity index (χ0) is 10.0. The van der Waals surface area contributed by atoms with Crippen LogP contribution in [0.1, 0.15) is 39.5 Å². The lowest BCUT2D eigenvalue weighted by Gasteiger charge is -2.35. The average molecular weight is 196 g/mol. The van der Waals surface area contributed by atoms with Gasteiger partial charge in [0.05, 0.1) is 0 Å². The minimum Gasteiger partial charge on any atom is -0.310 e. The van der Waals surface area contributed by atoms with Crippen LogP contribution < -0.4 is 5.32 Å². The molecule has 2 rings (SSSR count). The summed E-state index contributed by atoms with van der Waals surface area (Å²) in [7, 11) is 0. The number of nitrogens with one attached hydrogen (secondary N) is 1. The van der Waals surface area contributed by atoms with Crippen molar-refractivity contribution in [2.45, 2.75) is 45.1 Å². The Bertz CT molecular complexity index is 185. The van der Waals surface area contributed by atoms with Crippen molar-refractivity contribution in [3.05, 3.63) is 0 Å². The van der Waals surface area contributed by atoms with E-state index in [4.69, 9.17) is 0 Å². The summed E-state index contributed by atoms with van der Waals surface area (Å²) in [5.41, 5.74) is 0.320. The van der Waals surface area contributed by atoms with Crippen molar-refractivity contribution in [3.63, 3.8) is 0 Å². The molecule has 0 spiro atoms. The standard InChI is InChI=1S/C12H24N2/c1-12(2)10-14(8-4-7-13-12)9-11-5-3-6-11/h11,13H,3-10H2,1-2H3. The SMILES string of the molecule is CC1(C)CN(CC2CCC2)CCCN1. The first-order valence-corrected chi connectivity index (χ1v) is 6.13. The second-order valence-electron chi connectivity index (χ2n) is 5.70. The molecule has 0 amide bonds. The van der Waals surface area contributed by atoms with Crippen molar-refractivity contribution >= 4 is 0 Å². The molecule has 2 aliphatic rings. The van der Waals surface area contributed by atoms with Crippen molar-refractivity contribution in [2.24, 2.45) is 5.92 Å². The Labute approximate surface area is 88.1 Å². The van der Waals surface area contributed by atoms with E-state index in [1.807, 2.05) is 0 Å². The van der Waals surface area contributed by atoms with E-state index in [-0.39, 0.29) is 0 Å². The minimum absolute atomic E-state index is 0.320. The third-order valence-electron chi connectivity index (χ3n) is 3.61. The second kappa shape index (κ2) is 4.19. The normalized spacial score (nSPS) is 29.6. The van der Waals surface area contributed by atoms with Crippen LogP contribution in [0.3, 0.4) is 0 Å². The maximum Gasteiger partial charge on any atom is 0.0252 e. The Hall–Kier alpha value is -0.0800. The van der Waals surface area contributed by atoms with E-state index in [1.165, 1.54) is 51.9 Å². The first-order valence-electron chi connectivity index (χ1n) is 6.13. The number of nitrogens with zero attached hydrogens (tertiary/aromatic N) is 1. The lowest BCUT2D eigenvalue weighted by molar-refractivity contribution is 0.160. The molecular weight excluding hydrogens is 172 g/mol. The van der Waals surface area contributed by atoms with Gasteiger partial charge in [-0.25, -0.2) is 0 Å². The maximum atomic E-state index is 3.62. The highest BCUT2D eigenvalue weighted by atomic mass is 15.2. The predicted molar refractivity (Wildman–Crippen MR) is 60.5 cm³/mol. The van der Waals surface area contributed by atoms with E-state index in [2.05, 4.69) is 24.1 Å². The zero-order valence-electron chi connectivity index (χ0n) is 9.68. The van der Waals surface area contributed by atoms with Crippen molar-refractivity contribution in [1.29, 1.82) is 0 Å². The second-order valence-corrected chi connectivity index (χ2v) is 5.70. The molecule has 2 heteroatoms. The summed E-state index contributed by atoms with van der Waals surface area (Å²) in [5.74, 6) is 1.02. The first-order chi connectivity index (χ1) is 6.66. The molecule has 1 saturated carbocycles. The van der Waals surface area contributed by atoms with Crippen molar-refractivity contribution in [1.82, 2.24) is 10.2 Å². The highest BCUT2D eigenvalue weighted by Crippen LogP contribution is 2.27. The van der Waals surface area contributed by atoms with E-state index in [1.54, 1.807) is 0 Å². The molecule has 14 heavy (non-hydrogen) atoms. The van der Waals surface area contributed by atoms with Crippen LogP contribution in [0.15, 0.2) is 0 Å². The Kier molecular flexibility index (Phi) is 3.13. The molecule has 0 unspecified atom stereocenters. The van der Waals surface area contributed by atoms with Crippen molar-refractivity contribution < 1.29 is 0 Å². The lowest BCUT2D eigenvalue weighted by atomic mass is 9.85. The van der Waals surface area contributed by atoms with Crippen molar-refractivity contribution in [2.75, 3.05) is 26.2 Å². The largest absolute Gasteiger partial charge is 0.310 e. The molecule has 0 aromatic carbocycles. The molecule has 0 aromatic rings. The quantitative estimate of drug-likeness (QED) is 0.725. The molecule has 2 fully saturated rings. The molecule has 1 aliphatic heterocycles. The topological polar surface area (TPSA) is 15.3 Å². The summed E-state index contributed by atoms with van der Waals surface area (Å²) in [4.78, 5) is 2.67. The fourth-order valence-corrected chi connectivity index (χ4v) is 2.62. The predicted octanol–water partition coefficient (Wildman–Crippen LogP) is 1.86. The van der Waals surface area contributed by atoms with E-state index in [0.717, 1.165) is 5.92 Å². The summed E-state index contributed by atoms with van der Waals surface area (Å²) < 4.78 is 0. The fourth-order valence-electron chi connectivity index (χ4n) is 2.62. The number of rotatable bonds is 2. The molecule has 82 valence electrons. The van der Waals surface area contributed by atoms with Gasteiger partial charge in [-0.2, -0.15) is 0 Å². The van der Waals surface area contributed by atoms with Crippen LogP contribution in [0.25, 0.3) is 0 Å². The van der Waals surface area contributed by atoms with Crippen LogP contribution in [-0.2, 0) is 0 Å². The molecule has 0 atom stereocenters. The molecular formula is C12H24N2. The van der Waals surface area contributed by atoms with Gasteiger partial charge in [-0.1, -0.05) is 6.42 Å². The first kappa shape index (κ1) is 10.4. The average Bonchev–Trinajstić information content (AvgIpc) is 2.19. The van der Waals surface area contributed by atoms with Gasteiger partial charge in [-0.3, -0.25) is 0 Å². The lowest BCUT2D eigenvalue weighted by Crippen LogP contribution is -2.47. The highest BCUT2D eigenvalue weighted by molar-refractivity contribution is 4.86. The maximum absolute atomic E-state index is 3.62. The Morgan fingerprint density at radius 1 is 1.29 bits per heavy atom. The van der Waals surface area contributed by atoms with Gasteiger partial charge in [0.2, 0.25) is 0 Å². The molecule has 2 nitrogen and oxygen atoms in total. The van der Waals surface area contributed by atoms with Gasteiger partial charge < -0.3 is 10.2 Å². The molecule has 1 saturated heterocycles. The van der Waals surface area contributed by atoms with Crippen LogP contribution in [0.5, 0.6) is 0 Å². The van der Waals surface area contributed by atoms with E-state index in [0.29, 0.717) is 5.54 Å². The molecule has 1 N–H and O–H groups in total. The monoisotopic (exact) mass is 196 g/mol. The summed E-state index contributed by atoms with van der Waals surface area (Å²) in [6, 6.07) is 0. The number of hydrogen-bond donors (Lipinski definition) is 1. The summed E-state index contributed by atoms with van der Waals surface area (Å²) in [6.07, 6.45) is 5.74. The van der Waals surface area contributed by atoms with Crippen molar-refractivity contribution in [3.8, 4) is 0 Å². The molecule has 1 heterocycles. The smallest absolute Gasteiger partial charge is 0.0252 e. The summed E-state index contributed by atoms with van der Waals surface area (Å²) >= 11 is 0. The number of hydrogen-bond acceptors (Lipinski definition) is 2. The molecule has 1 aliphatic carbocycles.